The third-order valence-corrected chi connectivity index (χ3v) is 3.91. The first-order valence-corrected chi connectivity index (χ1v) is 7.37. The van der Waals surface area contributed by atoms with E-state index in [0.717, 1.165) is 11.1 Å². The number of halogens is 1. The van der Waals surface area contributed by atoms with Gasteiger partial charge in [0.25, 0.3) is 0 Å². The molecule has 0 heterocycles. The molecule has 0 aromatic heterocycles. The third kappa shape index (κ3) is 3.27. The lowest BCUT2D eigenvalue weighted by molar-refractivity contribution is -0.146. The second-order valence-corrected chi connectivity index (χ2v) is 5.87. The first-order chi connectivity index (χ1) is 9.96. The minimum absolute atomic E-state index is 0.322. The quantitative estimate of drug-likeness (QED) is 0.605. The van der Waals surface area contributed by atoms with Gasteiger partial charge in [0.05, 0.1) is 6.61 Å². The molecule has 1 unspecified atom stereocenters. The summed E-state index contributed by atoms with van der Waals surface area (Å²) < 4.78 is 5.02. The van der Waals surface area contributed by atoms with Crippen molar-refractivity contribution in [3.63, 3.8) is 0 Å². The number of hydrogen-bond donors (Lipinski definition) is 0. The van der Waals surface area contributed by atoms with Crippen molar-refractivity contribution >= 4 is 17.6 Å². The molecule has 3 heteroatoms. The molecule has 0 bridgehead atoms. The lowest BCUT2D eigenvalue weighted by Crippen LogP contribution is -2.28. The van der Waals surface area contributed by atoms with Crippen molar-refractivity contribution in [1.29, 1.82) is 0 Å². The normalized spacial score (nSPS) is 13.5. The first kappa shape index (κ1) is 15.6. The molecule has 0 N–H and O–H groups in total. The average Bonchev–Trinajstić information content (AvgIpc) is 2.48. The fourth-order valence-corrected chi connectivity index (χ4v) is 2.42. The van der Waals surface area contributed by atoms with Gasteiger partial charge in [-0.1, -0.05) is 48.5 Å². The summed E-state index contributed by atoms with van der Waals surface area (Å²) in [4.78, 5) is 10.8. The first-order valence-electron chi connectivity index (χ1n) is 6.99. The van der Waals surface area contributed by atoms with Crippen molar-refractivity contribution in [1.82, 2.24) is 0 Å². The summed E-state index contributed by atoms with van der Waals surface area (Å²) in [7, 11) is 0. The smallest absolute Gasteiger partial charge is 0.331 e. The summed E-state index contributed by atoms with van der Waals surface area (Å²) in [5.74, 6) is -0.421. The van der Waals surface area contributed by atoms with E-state index in [1.165, 1.54) is 11.1 Å². The van der Waals surface area contributed by atoms with Crippen molar-refractivity contribution in [2.75, 3.05) is 6.61 Å². The molecule has 110 valence electrons. The zero-order valence-corrected chi connectivity index (χ0v) is 13.3. The van der Waals surface area contributed by atoms with Gasteiger partial charge in [0.1, 0.15) is 0 Å². The van der Waals surface area contributed by atoms with Crippen LogP contribution >= 0.6 is 11.6 Å². The molecule has 0 aliphatic carbocycles. The van der Waals surface area contributed by atoms with Crippen molar-refractivity contribution in [3.8, 4) is 11.1 Å². The van der Waals surface area contributed by atoms with E-state index in [0.29, 0.717) is 6.61 Å². The van der Waals surface area contributed by atoms with E-state index < -0.39 is 10.8 Å². The Morgan fingerprint density at radius 1 is 1.14 bits per heavy atom. The molecule has 0 saturated carbocycles. The molecule has 2 nitrogen and oxygen atoms in total. The van der Waals surface area contributed by atoms with Gasteiger partial charge >= 0.3 is 5.97 Å². The van der Waals surface area contributed by atoms with Gasteiger partial charge in [-0.15, -0.1) is 11.6 Å². The largest absolute Gasteiger partial charge is 0.464 e. The Hall–Kier alpha value is -1.80. The van der Waals surface area contributed by atoms with Gasteiger partial charge in [0.2, 0.25) is 0 Å². The van der Waals surface area contributed by atoms with Crippen LogP contribution in [0, 0.1) is 6.92 Å². The maximum Gasteiger partial charge on any atom is 0.331 e. The number of rotatable bonds is 4. The molecule has 0 fully saturated rings. The zero-order chi connectivity index (χ0) is 15.5. The van der Waals surface area contributed by atoms with Gasteiger partial charge in [0.15, 0.2) is 4.87 Å². The number of ether oxygens (including phenoxy) is 1. The molecule has 1 atom stereocenters. The maximum absolute atomic E-state index is 11.9. The Balaban J connectivity index is 2.31. The van der Waals surface area contributed by atoms with Crippen LogP contribution in [0.3, 0.4) is 0 Å². The fourth-order valence-electron chi connectivity index (χ4n) is 2.24. The molecule has 2 aromatic carbocycles. The molecular weight excluding hydrogens is 284 g/mol. The van der Waals surface area contributed by atoms with E-state index in [1.807, 2.05) is 36.4 Å². The number of carbonyl (C=O) groups excluding carboxylic acids is 1. The van der Waals surface area contributed by atoms with Gasteiger partial charge in [-0.25, -0.2) is 4.79 Å². The Labute approximate surface area is 130 Å². The Kier molecular flexibility index (Phi) is 4.69. The SMILES string of the molecule is CCOC(=O)C(C)(Cl)c1ccc(-c2ccccc2C)cc1. The lowest BCUT2D eigenvalue weighted by atomic mass is 9.95. The molecule has 2 aromatic rings. The number of alkyl halides is 1. The second-order valence-electron chi connectivity index (χ2n) is 5.12. The lowest BCUT2D eigenvalue weighted by Gasteiger charge is -2.20. The summed E-state index contributed by atoms with van der Waals surface area (Å²) in [6.07, 6.45) is 0. The summed E-state index contributed by atoms with van der Waals surface area (Å²) in [5.41, 5.74) is 4.23. The summed E-state index contributed by atoms with van der Waals surface area (Å²) >= 11 is 6.35. The number of hydrogen-bond acceptors (Lipinski definition) is 2. The molecule has 2 rings (SSSR count). The monoisotopic (exact) mass is 302 g/mol. The zero-order valence-electron chi connectivity index (χ0n) is 12.5. The van der Waals surface area contributed by atoms with E-state index in [-0.39, 0.29) is 0 Å². The Morgan fingerprint density at radius 3 is 2.33 bits per heavy atom. The van der Waals surface area contributed by atoms with Gasteiger partial charge in [-0.2, -0.15) is 0 Å². The topological polar surface area (TPSA) is 26.3 Å². The van der Waals surface area contributed by atoms with Crippen LogP contribution in [0.5, 0.6) is 0 Å². The fraction of sp³-hybridized carbons (Fsp3) is 0.278. The molecule has 0 spiro atoms. The van der Waals surface area contributed by atoms with E-state index >= 15 is 0 Å². The predicted octanol–water partition coefficient (Wildman–Crippen LogP) is 4.68. The van der Waals surface area contributed by atoms with Crippen LogP contribution in [-0.4, -0.2) is 12.6 Å². The van der Waals surface area contributed by atoms with Gasteiger partial charge in [-0.3, -0.25) is 0 Å². The van der Waals surface area contributed by atoms with Crippen LogP contribution in [0.15, 0.2) is 48.5 Å². The van der Waals surface area contributed by atoms with Crippen LogP contribution in [-0.2, 0) is 14.4 Å². The van der Waals surface area contributed by atoms with E-state index in [9.17, 15) is 4.79 Å². The molecule has 0 aliphatic rings. The highest BCUT2D eigenvalue weighted by atomic mass is 35.5. The summed E-state index contributed by atoms with van der Waals surface area (Å²) in [5, 5.41) is 0. The van der Waals surface area contributed by atoms with Crippen LogP contribution in [0.1, 0.15) is 25.0 Å². The molecule has 0 saturated heterocycles. The molecule has 0 aliphatic heterocycles. The van der Waals surface area contributed by atoms with Crippen LogP contribution in [0.2, 0.25) is 0 Å². The molecule has 0 amide bonds. The minimum atomic E-state index is -1.15. The maximum atomic E-state index is 11.9. The van der Waals surface area contributed by atoms with Crippen molar-refractivity contribution in [3.05, 3.63) is 59.7 Å². The number of esters is 1. The second kappa shape index (κ2) is 6.31. The number of benzene rings is 2. The summed E-state index contributed by atoms with van der Waals surface area (Å²) in [6, 6.07) is 15.9. The highest BCUT2D eigenvalue weighted by molar-refractivity contribution is 6.33. The highest BCUT2D eigenvalue weighted by Gasteiger charge is 2.34. The van der Waals surface area contributed by atoms with Crippen LogP contribution in [0.4, 0.5) is 0 Å². The van der Waals surface area contributed by atoms with Crippen molar-refractivity contribution in [2.45, 2.75) is 25.6 Å². The molecule has 0 radical (unpaired) electrons. The van der Waals surface area contributed by atoms with E-state index in [4.69, 9.17) is 16.3 Å². The Bertz CT molecular complexity index is 630. The van der Waals surface area contributed by atoms with Crippen LogP contribution in [0.25, 0.3) is 11.1 Å². The number of aryl methyl sites for hydroxylation is 1. The van der Waals surface area contributed by atoms with Crippen molar-refractivity contribution < 1.29 is 9.53 Å². The van der Waals surface area contributed by atoms with Crippen LogP contribution < -0.4 is 0 Å². The minimum Gasteiger partial charge on any atom is -0.464 e. The van der Waals surface area contributed by atoms with Gasteiger partial charge in [-0.05, 0) is 43.0 Å². The third-order valence-electron chi connectivity index (χ3n) is 3.54. The van der Waals surface area contributed by atoms with Crippen molar-refractivity contribution in [2.24, 2.45) is 0 Å². The summed E-state index contributed by atoms with van der Waals surface area (Å²) in [6.45, 7) is 5.83. The van der Waals surface area contributed by atoms with Gasteiger partial charge in [0, 0.05) is 0 Å². The van der Waals surface area contributed by atoms with Gasteiger partial charge < -0.3 is 4.74 Å². The van der Waals surface area contributed by atoms with E-state index in [1.54, 1.807) is 13.8 Å². The standard InChI is InChI=1S/C18H19ClO2/c1-4-21-17(20)18(3,19)15-11-9-14(10-12-15)16-8-6-5-7-13(16)2/h5-12H,4H2,1-3H3. The Morgan fingerprint density at radius 2 is 1.76 bits per heavy atom. The molecular formula is C18H19ClO2. The number of carbonyl (C=O) groups is 1. The highest BCUT2D eigenvalue weighted by Crippen LogP contribution is 2.32. The molecule has 21 heavy (non-hydrogen) atoms. The van der Waals surface area contributed by atoms with E-state index in [2.05, 4.69) is 19.1 Å². The predicted molar refractivity (Wildman–Crippen MR) is 86.5 cm³/mol. The average molecular weight is 303 g/mol.